The maximum atomic E-state index is 14.1. The maximum absolute atomic E-state index is 14.1. The summed E-state index contributed by atoms with van der Waals surface area (Å²) in [6, 6.07) is 4.77. The molecule has 1 aliphatic carbocycles. The average Bonchev–Trinajstić information content (AvgIpc) is 3.19. The van der Waals surface area contributed by atoms with Crippen LogP contribution in [0.2, 0.25) is 0 Å². The fourth-order valence-corrected chi connectivity index (χ4v) is 3.85. The van der Waals surface area contributed by atoms with Crippen LogP contribution in [0.5, 0.6) is 0 Å². The van der Waals surface area contributed by atoms with E-state index in [1.165, 1.54) is 18.9 Å². The molecule has 1 aromatic heterocycles. The molecule has 0 spiro atoms. The smallest absolute Gasteiger partial charge is 0.346 e. The Kier molecular flexibility index (Phi) is 3.50. The zero-order valence-electron chi connectivity index (χ0n) is 12.1. The van der Waals surface area contributed by atoms with E-state index in [1.54, 1.807) is 12.1 Å². The summed E-state index contributed by atoms with van der Waals surface area (Å²) in [6.07, 6.45) is 2.40. The van der Waals surface area contributed by atoms with Crippen LogP contribution in [0.1, 0.15) is 41.9 Å². The molecular formula is C16H18FNO2S. The van der Waals surface area contributed by atoms with Gasteiger partial charge >= 0.3 is 5.97 Å². The van der Waals surface area contributed by atoms with Gasteiger partial charge in [0.15, 0.2) is 0 Å². The molecule has 112 valence electrons. The second-order valence-electron chi connectivity index (χ2n) is 6.18. The molecule has 2 aromatic rings. The monoisotopic (exact) mass is 307 g/mol. The number of carboxylic acids is 1. The molecule has 1 aliphatic rings. The second-order valence-corrected chi connectivity index (χ2v) is 7.23. The van der Waals surface area contributed by atoms with Gasteiger partial charge in [0.25, 0.3) is 0 Å². The van der Waals surface area contributed by atoms with Crippen LogP contribution in [0.3, 0.4) is 0 Å². The van der Waals surface area contributed by atoms with Crippen molar-refractivity contribution in [1.82, 2.24) is 5.32 Å². The lowest BCUT2D eigenvalue weighted by Gasteiger charge is -2.26. The van der Waals surface area contributed by atoms with Gasteiger partial charge in [-0.05, 0) is 44.7 Å². The van der Waals surface area contributed by atoms with Crippen LogP contribution >= 0.6 is 11.3 Å². The molecule has 0 aliphatic heterocycles. The van der Waals surface area contributed by atoms with Crippen LogP contribution in [-0.2, 0) is 6.54 Å². The van der Waals surface area contributed by atoms with E-state index in [4.69, 9.17) is 0 Å². The van der Waals surface area contributed by atoms with E-state index in [-0.39, 0.29) is 16.2 Å². The van der Waals surface area contributed by atoms with Crippen LogP contribution in [0, 0.1) is 11.7 Å². The van der Waals surface area contributed by atoms with Crippen molar-refractivity contribution in [1.29, 1.82) is 0 Å². The predicted octanol–water partition coefficient (Wildman–Crippen LogP) is 4.02. The number of rotatable bonds is 5. The van der Waals surface area contributed by atoms with Crippen LogP contribution in [-0.4, -0.2) is 16.6 Å². The Hall–Kier alpha value is -1.46. The number of benzene rings is 1. The standard InChI is InChI=1S/C16H18FNO2S/c1-16(2,9-6-7-9)18-8-10-13-11(17)4-3-5-12(13)21-14(10)15(19)20/h3-5,9,18H,6-8H2,1-2H3,(H,19,20). The van der Waals surface area contributed by atoms with E-state index >= 15 is 0 Å². The van der Waals surface area contributed by atoms with Gasteiger partial charge in [-0.25, -0.2) is 9.18 Å². The lowest BCUT2D eigenvalue weighted by atomic mass is 9.98. The molecule has 21 heavy (non-hydrogen) atoms. The number of hydrogen-bond donors (Lipinski definition) is 2. The van der Waals surface area contributed by atoms with Crippen LogP contribution in [0.15, 0.2) is 18.2 Å². The lowest BCUT2D eigenvalue weighted by Crippen LogP contribution is -2.41. The predicted molar refractivity (Wildman–Crippen MR) is 82.4 cm³/mol. The number of carboxylic acid groups (broad SMARTS) is 1. The number of thiophene rings is 1. The molecule has 3 rings (SSSR count). The number of aromatic carboxylic acids is 1. The largest absolute Gasteiger partial charge is 0.477 e. The summed E-state index contributed by atoms with van der Waals surface area (Å²) >= 11 is 1.14. The van der Waals surface area contributed by atoms with Crippen molar-refractivity contribution in [3.05, 3.63) is 34.5 Å². The third kappa shape index (κ3) is 2.68. The highest BCUT2D eigenvalue weighted by molar-refractivity contribution is 7.21. The third-order valence-corrected chi connectivity index (χ3v) is 5.46. The first-order valence-electron chi connectivity index (χ1n) is 7.08. The molecule has 0 atom stereocenters. The molecule has 5 heteroatoms. The minimum atomic E-state index is -0.989. The van der Waals surface area contributed by atoms with E-state index in [9.17, 15) is 14.3 Å². The van der Waals surface area contributed by atoms with Gasteiger partial charge in [0.1, 0.15) is 10.7 Å². The van der Waals surface area contributed by atoms with Crippen molar-refractivity contribution < 1.29 is 14.3 Å². The average molecular weight is 307 g/mol. The molecule has 0 radical (unpaired) electrons. The van der Waals surface area contributed by atoms with Crippen molar-refractivity contribution in [2.24, 2.45) is 5.92 Å². The Morgan fingerprint density at radius 1 is 1.48 bits per heavy atom. The van der Waals surface area contributed by atoms with E-state index in [2.05, 4.69) is 19.2 Å². The molecular weight excluding hydrogens is 289 g/mol. The summed E-state index contributed by atoms with van der Waals surface area (Å²) in [4.78, 5) is 11.7. The Balaban J connectivity index is 1.99. The van der Waals surface area contributed by atoms with Gasteiger partial charge in [-0.2, -0.15) is 0 Å². The van der Waals surface area contributed by atoms with Crippen LogP contribution < -0.4 is 5.32 Å². The number of nitrogens with one attached hydrogen (secondary N) is 1. The zero-order valence-corrected chi connectivity index (χ0v) is 12.9. The van der Waals surface area contributed by atoms with Crippen molar-refractivity contribution >= 4 is 27.4 Å². The third-order valence-electron chi connectivity index (χ3n) is 4.28. The van der Waals surface area contributed by atoms with Crippen molar-refractivity contribution in [3.8, 4) is 0 Å². The lowest BCUT2D eigenvalue weighted by molar-refractivity contribution is 0.0701. The van der Waals surface area contributed by atoms with Gasteiger partial charge in [0, 0.05) is 27.7 Å². The first kappa shape index (κ1) is 14.5. The fraction of sp³-hybridized carbons (Fsp3) is 0.438. The summed E-state index contributed by atoms with van der Waals surface area (Å²) in [6.45, 7) is 4.62. The van der Waals surface area contributed by atoms with Crippen molar-refractivity contribution in [3.63, 3.8) is 0 Å². The Morgan fingerprint density at radius 2 is 2.19 bits per heavy atom. The molecule has 1 heterocycles. The van der Waals surface area contributed by atoms with Gasteiger partial charge in [-0.1, -0.05) is 6.07 Å². The molecule has 0 amide bonds. The Morgan fingerprint density at radius 3 is 2.81 bits per heavy atom. The molecule has 0 saturated heterocycles. The van der Waals surface area contributed by atoms with E-state index in [0.717, 1.165) is 11.3 Å². The fourth-order valence-electron chi connectivity index (χ4n) is 2.77. The number of fused-ring (bicyclic) bond motifs is 1. The number of carbonyl (C=O) groups is 1. The molecule has 1 saturated carbocycles. The normalized spacial score (nSPS) is 15.6. The summed E-state index contributed by atoms with van der Waals surface area (Å²) in [5, 5.41) is 13.2. The molecule has 0 bridgehead atoms. The second kappa shape index (κ2) is 5.07. The van der Waals surface area contributed by atoms with Gasteiger partial charge in [-0.15, -0.1) is 11.3 Å². The number of hydrogen-bond acceptors (Lipinski definition) is 3. The van der Waals surface area contributed by atoms with Crippen LogP contribution in [0.25, 0.3) is 10.1 Å². The summed E-state index contributed by atoms with van der Waals surface area (Å²) < 4.78 is 14.8. The topological polar surface area (TPSA) is 49.3 Å². The first-order valence-corrected chi connectivity index (χ1v) is 7.90. The highest BCUT2D eigenvalue weighted by atomic mass is 32.1. The minimum Gasteiger partial charge on any atom is -0.477 e. The zero-order chi connectivity index (χ0) is 15.2. The molecule has 3 nitrogen and oxygen atoms in total. The molecule has 2 N–H and O–H groups in total. The van der Waals surface area contributed by atoms with E-state index in [1.807, 2.05) is 0 Å². The van der Waals surface area contributed by atoms with Crippen LogP contribution in [0.4, 0.5) is 4.39 Å². The molecule has 1 aromatic carbocycles. The highest BCUT2D eigenvalue weighted by Crippen LogP contribution is 2.40. The van der Waals surface area contributed by atoms with Gasteiger partial charge in [0.2, 0.25) is 0 Å². The SMILES string of the molecule is CC(C)(NCc1c(C(=O)O)sc2cccc(F)c12)C1CC1. The highest BCUT2D eigenvalue weighted by Gasteiger charge is 2.37. The van der Waals surface area contributed by atoms with Crippen molar-refractivity contribution in [2.75, 3.05) is 0 Å². The van der Waals surface area contributed by atoms with Crippen molar-refractivity contribution in [2.45, 2.75) is 38.8 Å². The van der Waals surface area contributed by atoms with Gasteiger partial charge < -0.3 is 10.4 Å². The Bertz CT molecular complexity index is 704. The minimum absolute atomic E-state index is 0.0463. The maximum Gasteiger partial charge on any atom is 0.346 e. The van der Waals surface area contributed by atoms with E-state index in [0.29, 0.717) is 28.1 Å². The van der Waals surface area contributed by atoms with Gasteiger partial charge in [-0.3, -0.25) is 0 Å². The summed E-state index contributed by atoms with van der Waals surface area (Å²) in [5.74, 6) is -0.713. The first-order chi connectivity index (χ1) is 9.90. The molecule has 0 unspecified atom stereocenters. The van der Waals surface area contributed by atoms with E-state index < -0.39 is 5.97 Å². The van der Waals surface area contributed by atoms with Gasteiger partial charge in [0.05, 0.1) is 0 Å². The summed E-state index contributed by atoms with van der Waals surface area (Å²) in [7, 11) is 0. The quantitative estimate of drug-likeness (QED) is 0.877. The number of halogens is 1. The Labute approximate surface area is 126 Å². The summed E-state index contributed by atoms with van der Waals surface area (Å²) in [5.41, 5.74) is 0.518. The molecule has 1 fully saturated rings.